The van der Waals surface area contributed by atoms with Crippen LogP contribution in [0.2, 0.25) is 0 Å². The van der Waals surface area contributed by atoms with E-state index in [2.05, 4.69) is 26.3 Å². The zero-order chi connectivity index (χ0) is 18.0. The van der Waals surface area contributed by atoms with Crippen LogP contribution in [0.15, 0.2) is 51.0 Å². The van der Waals surface area contributed by atoms with Crippen molar-refractivity contribution in [2.45, 2.75) is 13.5 Å². The standard InChI is InChI=1S/C17H13BrFN3O2S/c1-10-8-14(23)16(17(24)20-9-11-6-7-15(18)25-11)21-22(10)13-5-3-2-4-12(13)19/h2-8H,9H2,1H3,(H,20,24). The highest BCUT2D eigenvalue weighted by Gasteiger charge is 2.16. The van der Waals surface area contributed by atoms with E-state index in [9.17, 15) is 14.0 Å². The Labute approximate surface area is 155 Å². The molecule has 1 N–H and O–H groups in total. The molecule has 5 nitrogen and oxygen atoms in total. The van der Waals surface area contributed by atoms with Crippen LogP contribution >= 0.6 is 27.3 Å². The van der Waals surface area contributed by atoms with E-state index in [0.29, 0.717) is 5.69 Å². The van der Waals surface area contributed by atoms with Gasteiger partial charge in [0.2, 0.25) is 5.43 Å². The first-order valence-corrected chi connectivity index (χ1v) is 8.95. The van der Waals surface area contributed by atoms with Gasteiger partial charge in [-0.25, -0.2) is 9.07 Å². The molecule has 0 aliphatic rings. The number of halogens is 2. The first kappa shape index (κ1) is 17.5. The summed E-state index contributed by atoms with van der Waals surface area (Å²) in [5.74, 6) is -1.09. The SMILES string of the molecule is Cc1cc(=O)c(C(=O)NCc2ccc(Br)s2)nn1-c1ccccc1F. The van der Waals surface area contributed by atoms with Gasteiger partial charge in [0, 0.05) is 16.6 Å². The van der Waals surface area contributed by atoms with Crippen LogP contribution in [0.1, 0.15) is 21.1 Å². The minimum Gasteiger partial charge on any atom is -0.346 e. The number of aryl methyl sites for hydroxylation is 1. The molecule has 0 radical (unpaired) electrons. The van der Waals surface area contributed by atoms with Crippen LogP contribution < -0.4 is 10.7 Å². The van der Waals surface area contributed by atoms with Crippen LogP contribution in [0.4, 0.5) is 4.39 Å². The summed E-state index contributed by atoms with van der Waals surface area (Å²) < 4.78 is 16.2. The van der Waals surface area contributed by atoms with Crippen molar-refractivity contribution in [1.82, 2.24) is 15.1 Å². The summed E-state index contributed by atoms with van der Waals surface area (Å²) in [6, 6.07) is 11.1. The predicted octanol–water partition coefficient (Wildman–Crippen LogP) is 3.43. The molecule has 25 heavy (non-hydrogen) atoms. The summed E-state index contributed by atoms with van der Waals surface area (Å²) in [4.78, 5) is 25.4. The van der Waals surface area contributed by atoms with Gasteiger partial charge in [-0.3, -0.25) is 9.59 Å². The van der Waals surface area contributed by atoms with Crippen LogP contribution in [0.3, 0.4) is 0 Å². The zero-order valence-corrected chi connectivity index (χ0v) is 15.5. The van der Waals surface area contributed by atoms with Crippen molar-refractivity contribution in [3.05, 3.63) is 78.6 Å². The van der Waals surface area contributed by atoms with E-state index in [1.54, 1.807) is 19.1 Å². The Balaban J connectivity index is 1.91. The fraction of sp³-hybridized carbons (Fsp3) is 0.118. The van der Waals surface area contributed by atoms with Crippen LogP contribution in [-0.4, -0.2) is 15.7 Å². The van der Waals surface area contributed by atoms with E-state index in [0.717, 1.165) is 8.66 Å². The number of hydrogen-bond acceptors (Lipinski definition) is 4. The first-order chi connectivity index (χ1) is 12.0. The third kappa shape index (κ3) is 3.85. The lowest BCUT2D eigenvalue weighted by Crippen LogP contribution is -2.31. The quantitative estimate of drug-likeness (QED) is 0.701. The van der Waals surface area contributed by atoms with E-state index in [4.69, 9.17) is 0 Å². The molecule has 0 atom stereocenters. The van der Waals surface area contributed by atoms with Crippen LogP contribution in [0.5, 0.6) is 0 Å². The number of carbonyl (C=O) groups excluding carboxylic acids is 1. The molecular weight excluding hydrogens is 409 g/mol. The van der Waals surface area contributed by atoms with Gasteiger partial charge in [-0.1, -0.05) is 12.1 Å². The fourth-order valence-electron chi connectivity index (χ4n) is 2.27. The zero-order valence-electron chi connectivity index (χ0n) is 13.1. The van der Waals surface area contributed by atoms with Crippen LogP contribution in [-0.2, 0) is 6.54 Å². The van der Waals surface area contributed by atoms with E-state index in [1.165, 1.54) is 34.2 Å². The molecule has 0 aliphatic heterocycles. The van der Waals surface area contributed by atoms with Crippen LogP contribution in [0.25, 0.3) is 5.69 Å². The Morgan fingerprint density at radius 3 is 2.76 bits per heavy atom. The maximum absolute atomic E-state index is 14.0. The molecule has 0 saturated carbocycles. The van der Waals surface area contributed by atoms with Gasteiger partial charge >= 0.3 is 0 Å². The van der Waals surface area contributed by atoms with Gasteiger partial charge < -0.3 is 5.32 Å². The number of hydrogen-bond donors (Lipinski definition) is 1. The Kier molecular flexibility index (Phi) is 5.10. The molecule has 0 spiro atoms. The number of nitrogens with one attached hydrogen (secondary N) is 1. The molecule has 8 heteroatoms. The minimum absolute atomic E-state index is 0.177. The highest BCUT2D eigenvalue weighted by molar-refractivity contribution is 9.11. The number of carbonyl (C=O) groups is 1. The highest BCUT2D eigenvalue weighted by Crippen LogP contribution is 2.21. The maximum Gasteiger partial charge on any atom is 0.276 e. The smallest absolute Gasteiger partial charge is 0.276 e. The number of nitrogens with zero attached hydrogens (tertiary/aromatic N) is 2. The lowest BCUT2D eigenvalue weighted by molar-refractivity contribution is 0.0943. The molecule has 128 valence electrons. The van der Waals surface area contributed by atoms with Gasteiger partial charge in [-0.2, -0.15) is 5.10 Å². The lowest BCUT2D eigenvalue weighted by Gasteiger charge is -2.11. The minimum atomic E-state index is -0.598. The first-order valence-electron chi connectivity index (χ1n) is 7.34. The molecule has 0 bridgehead atoms. The van der Waals surface area contributed by atoms with Crippen molar-refractivity contribution >= 4 is 33.2 Å². The molecule has 3 rings (SSSR count). The van der Waals surface area contributed by atoms with Gasteiger partial charge in [0.05, 0.1) is 10.3 Å². The van der Waals surface area contributed by atoms with Crippen LogP contribution in [0, 0.1) is 12.7 Å². The summed E-state index contributed by atoms with van der Waals surface area (Å²) >= 11 is 4.83. The molecule has 0 unspecified atom stereocenters. The molecule has 0 aliphatic carbocycles. The summed E-state index contributed by atoms with van der Waals surface area (Å²) in [5.41, 5.74) is -0.163. The van der Waals surface area contributed by atoms with Gasteiger partial charge in [-0.05, 0) is 47.1 Å². The maximum atomic E-state index is 14.0. The van der Waals surface area contributed by atoms with Crippen molar-refractivity contribution in [2.24, 2.45) is 0 Å². The number of amides is 1. The summed E-state index contributed by atoms with van der Waals surface area (Å²) in [6.07, 6.45) is 0. The molecule has 1 amide bonds. The van der Waals surface area contributed by atoms with E-state index in [1.807, 2.05) is 12.1 Å². The van der Waals surface area contributed by atoms with Crippen molar-refractivity contribution < 1.29 is 9.18 Å². The van der Waals surface area contributed by atoms with Crippen molar-refractivity contribution in [2.75, 3.05) is 0 Å². The van der Waals surface area contributed by atoms with E-state index in [-0.39, 0.29) is 17.9 Å². The Morgan fingerprint density at radius 1 is 1.32 bits per heavy atom. The van der Waals surface area contributed by atoms with E-state index >= 15 is 0 Å². The summed E-state index contributed by atoms with van der Waals surface area (Å²) in [6.45, 7) is 1.91. The molecule has 2 heterocycles. The average molecular weight is 422 g/mol. The van der Waals surface area contributed by atoms with Crippen molar-refractivity contribution in [3.63, 3.8) is 0 Å². The van der Waals surface area contributed by atoms with E-state index < -0.39 is 17.2 Å². The molecule has 0 fully saturated rings. The molecule has 3 aromatic rings. The fourth-order valence-corrected chi connectivity index (χ4v) is 3.69. The Bertz CT molecular complexity index is 1000. The van der Waals surface area contributed by atoms with Crippen molar-refractivity contribution in [1.29, 1.82) is 0 Å². The number of thiophene rings is 1. The van der Waals surface area contributed by atoms with Gasteiger partial charge in [0.15, 0.2) is 5.69 Å². The lowest BCUT2D eigenvalue weighted by atomic mass is 10.2. The van der Waals surface area contributed by atoms with Gasteiger partial charge in [0.25, 0.3) is 5.91 Å². The van der Waals surface area contributed by atoms with Crippen molar-refractivity contribution in [3.8, 4) is 5.69 Å². The second-order valence-electron chi connectivity index (χ2n) is 5.25. The number of rotatable bonds is 4. The number of benzene rings is 1. The topological polar surface area (TPSA) is 64.0 Å². The third-order valence-corrected chi connectivity index (χ3v) is 5.08. The molecule has 0 saturated heterocycles. The molecule has 2 aromatic heterocycles. The summed E-state index contributed by atoms with van der Waals surface area (Å²) in [7, 11) is 0. The number of aromatic nitrogens is 2. The summed E-state index contributed by atoms with van der Waals surface area (Å²) in [5, 5.41) is 6.73. The largest absolute Gasteiger partial charge is 0.346 e. The molecule has 1 aromatic carbocycles. The third-order valence-electron chi connectivity index (χ3n) is 3.46. The monoisotopic (exact) mass is 421 g/mol. The average Bonchev–Trinajstić information content (AvgIpc) is 2.99. The second-order valence-corrected chi connectivity index (χ2v) is 7.80. The normalized spacial score (nSPS) is 10.7. The highest BCUT2D eigenvalue weighted by atomic mass is 79.9. The Hall–Kier alpha value is -2.32. The molecular formula is C17H13BrFN3O2S. The number of para-hydroxylation sites is 1. The second kappa shape index (κ2) is 7.28. The van der Waals surface area contributed by atoms with Gasteiger partial charge in [0.1, 0.15) is 11.5 Å². The predicted molar refractivity (Wildman–Crippen MR) is 97.7 cm³/mol. The van der Waals surface area contributed by atoms with Gasteiger partial charge in [-0.15, -0.1) is 11.3 Å². The Morgan fingerprint density at radius 2 is 2.08 bits per heavy atom.